The van der Waals surface area contributed by atoms with Gasteiger partial charge in [-0.25, -0.2) is 0 Å². The number of hydrogen-bond acceptors (Lipinski definition) is 3. The smallest absolute Gasteiger partial charge is 0.131 e. The average Bonchev–Trinajstić information content (AvgIpc) is 2.61. The lowest BCUT2D eigenvalue weighted by atomic mass is 9.89. The number of benzene rings is 2. The molecule has 0 radical (unpaired) electrons. The Labute approximate surface area is 149 Å². The summed E-state index contributed by atoms with van der Waals surface area (Å²) in [6.07, 6.45) is 6.43. The number of rotatable bonds is 3. The van der Waals surface area contributed by atoms with Gasteiger partial charge in [0.1, 0.15) is 23.7 Å². The van der Waals surface area contributed by atoms with Crippen LogP contribution < -0.4 is 14.8 Å². The lowest BCUT2D eigenvalue weighted by Crippen LogP contribution is -2.45. The molecule has 2 aromatic carbocycles. The Morgan fingerprint density at radius 2 is 1.83 bits per heavy atom. The molecule has 1 fully saturated rings. The topological polar surface area (TPSA) is 30.5 Å². The molecule has 0 amide bonds. The SMILES string of the molecule is C1=CC2(CCNCC2)Oc2cc(OCc3ccccc3)ccc21.Cl. The highest BCUT2D eigenvalue weighted by Gasteiger charge is 2.34. The summed E-state index contributed by atoms with van der Waals surface area (Å²) in [5, 5.41) is 3.39. The van der Waals surface area contributed by atoms with Gasteiger partial charge in [0.05, 0.1) is 0 Å². The number of piperidine rings is 1. The van der Waals surface area contributed by atoms with E-state index in [1.807, 2.05) is 30.3 Å². The molecule has 0 aliphatic carbocycles. The summed E-state index contributed by atoms with van der Waals surface area (Å²) in [5.41, 5.74) is 2.15. The van der Waals surface area contributed by atoms with Crippen molar-refractivity contribution in [3.05, 3.63) is 65.7 Å². The number of halogens is 1. The molecule has 2 aliphatic rings. The molecule has 1 saturated heterocycles. The van der Waals surface area contributed by atoms with Gasteiger partial charge < -0.3 is 14.8 Å². The number of fused-ring (bicyclic) bond motifs is 1. The fraction of sp³-hybridized carbons (Fsp3) is 0.300. The Morgan fingerprint density at radius 3 is 2.62 bits per heavy atom. The molecular weight excluding hydrogens is 322 g/mol. The van der Waals surface area contributed by atoms with E-state index in [2.05, 4.69) is 35.7 Å². The summed E-state index contributed by atoms with van der Waals surface area (Å²) in [5.74, 6) is 1.78. The van der Waals surface area contributed by atoms with Gasteiger partial charge >= 0.3 is 0 Å². The second-order valence-electron chi connectivity index (χ2n) is 6.22. The van der Waals surface area contributed by atoms with Crippen molar-refractivity contribution >= 4 is 18.5 Å². The molecule has 2 aliphatic heterocycles. The molecule has 24 heavy (non-hydrogen) atoms. The van der Waals surface area contributed by atoms with Crippen molar-refractivity contribution in [2.45, 2.75) is 25.0 Å². The standard InChI is InChI=1S/C20H21NO2.ClH/c1-2-4-16(5-3-1)15-22-18-7-6-17-8-9-20(23-19(17)14-18)10-12-21-13-11-20;/h1-9,14,21H,10-13,15H2;1H. The van der Waals surface area contributed by atoms with Crippen molar-refractivity contribution in [1.29, 1.82) is 0 Å². The first-order valence-electron chi connectivity index (χ1n) is 8.23. The van der Waals surface area contributed by atoms with E-state index in [0.29, 0.717) is 6.61 Å². The van der Waals surface area contributed by atoms with Gasteiger partial charge in [-0.1, -0.05) is 36.4 Å². The third kappa shape index (κ3) is 3.58. The molecule has 0 aromatic heterocycles. The van der Waals surface area contributed by atoms with Gasteiger partial charge in [0.15, 0.2) is 0 Å². The van der Waals surface area contributed by atoms with Crippen molar-refractivity contribution < 1.29 is 9.47 Å². The van der Waals surface area contributed by atoms with E-state index in [4.69, 9.17) is 9.47 Å². The van der Waals surface area contributed by atoms with Crippen LogP contribution in [0.3, 0.4) is 0 Å². The molecule has 1 N–H and O–H groups in total. The normalized spacial score (nSPS) is 17.5. The Hall–Kier alpha value is -1.97. The zero-order valence-corrected chi connectivity index (χ0v) is 14.4. The zero-order chi connectivity index (χ0) is 15.5. The molecule has 4 rings (SSSR count). The molecule has 126 valence electrons. The van der Waals surface area contributed by atoms with E-state index >= 15 is 0 Å². The molecule has 4 heteroatoms. The van der Waals surface area contributed by atoms with Gasteiger partial charge in [0.25, 0.3) is 0 Å². The maximum absolute atomic E-state index is 6.35. The first-order chi connectivity index (χ1) is 11.3. The van der Waals surface area contributed by atoms with Crippen LogP contribution in [-0.2, 0) is 6.61 Å². The second kappa shape index (κ2) is 7.29. The minimum absolute atomic E-state index is 0. The monoisotopic (exact) mass is 343 g/mol. The van der Waals surface area contributed by atoms with Gasteiger partial charge in [-0.3, -0.25) is 0 Å². The number of ether oxygens (including phenoxy) is 2. The van der Waals surface area contributed by atoms with E-state index in [9.17, 15) is 0 Å². The summed E-state index contributed by atoms with van der Waals surface area (Å²) in [4.78, 5) is 0. The second-order valence-corrected chi connectivity index (χ2v) is 6.22. The molecule has 0 unspecified atom stereocenters. The fourth-order valence-electron chi connectivity index (χ4n) is 3.18. The molecule has 2 aromatic rings. The highest BCUT2D eigenvalue weighted by Crippen LogP contribution is 2.37. The van der Waals surface area contributed by atoms with Gasteiger partial charge in [0, 0.05) is 24.5 Å². The molecule has 0 bridgehead atoms. The minimum Gasteiger partial charge on any atom is -0.489 e. The first-order valence-corrected chi connectivity index (χ1v) is 8.23. The summed E-state index contributed by atoms with van der Waals surface area (Å²) in [6, 6.07) is 16.3. The van der Waals surface area contributed by atoms with Crippen molar-refractivity contribution in [3.63, 3.8) is 0 Å². The van der Waals surface area contributed by atoms with Crippen molar-refractivity contribution in [2.24, 2.45) is 0 Å². The van der Waals surface area contributed by atoms with Crippen LogP contribution in [0.2, 0.25) is 0 Å². The van der Waals surface area contributed by atoms with Crippen LogP contribution in [0.5, 0.6) is 11.5 Å². The molecular formula is C20H22ClNO2. The van der Waals surface area contributed by atoms with Crippen molar-refractivity contribution in [1.82, 2.24) is 5.32 Å². The van der Waals surface area contributed by atoms with E-state index in [-0.39, 0.29) is 18.0 Å². The van der Waals surface area contributed by atoms with Crippen LogP contribution in [0, 0.1) is 0 Å². The Kier molecular flexibility index (Phi) is 5.12. The van der Waals surface area contributed by atoms with Crippen LogP contribution in [-0.4, -0.2) is 18.7 Å². The summed E-state index contributed by atoms with van der Waals surface area (Å²) in [7, 11) is 0. The van der Waals surface area contributed by atoms with Crippen LogP contribution in [0.4, 0.5) is 0 Å². The predicted molar refractivity (Wildman–Crippen MR) is 99.0 cm³/mol. The first kappa shape index (κ1) is 16.9. The van der Waals surface area contributed by atoms with Gasteiger partial charge in [-0.15, -0.1) is 12.4 Å². The Bertz CT molecular complexity index is 709. The minimum atomic E-state index is -0.143. The molecule has 0 saturated carbocycles. The van der Waals surface area contributed by atoms with E-state index < -0.39 is 0 Å². The van der Waals surface area contributed by atoms with E-state index in [1.165, 1.54) is 5.56 Å². The largest absolute Gasteiger partial charge is 0.489 e. The highest BCUT2D eigenvalue weighted by atomic mass is 35.5. The molecule has 2 heterocycles. The Morgan fingerprint density at radius 1 is 1.04 bits per heavy atom. The molecule has 1 spiro atoms. The maximum Gasteiger partial charge on any atom is 0.131 e. The third-order valence-corrected chi connectivity index (χ3v) is 4.56. The lowest BCUT2D eigenvalue weighted by molar-refractivity contribution is 0.0819. The summed E-state index contributed by atoms with van der Waals surface area (Å²) in [6.45, 7) is 2.58. The van der Waals surface area contributed by atoms with Crippen molar-refractivity contribution in [3.8, 4) is 11.5 Å². The summed E-state index contributed by atoms with van der Waals surface area (Å²) >= 11 is 0. The van der Waals surface area contributed by atoms with Gasteiger partial charge in [-0.2, -0.15) is 0 Å². The fourth-order valence-corrected chi connectivity index (χ4v) is 3.18. The van der Waals surface area contributed by atoms with Gasteiger partial charge in [0.2, 0.25) is 0 Å². The van der Waals surface area contributed by atoms with Crippen LogP contribution in [0.1, 0.15) is 24.0 Å². The van der Waals surface area contributed by atoms with Crippen molar-refractivity contribution in [2.75, 3.05) is 13.1 Å². The zero-order valence-electron chi connectivity index (χ0n) is 13.5. The van der Waals surface area contributed by atoms with Gasteiger partial charge in [-0.05, 0) is 36.9 Å². The van der Waals surface area contributed by atoms with Crippen LogP contribution in [0.25, 0.3) is 6.08 Å². The predicted octanol–water partition coefficient (Wildman–Crippen LogP) is 4.22. The average molecular weight is 344 g/mol. The lowest BCUT2D eigenvalue weighted by Gasteiger charge is -2.38. The number of nitrogens with one attached hydrogen (secondary N) is 1. The summed E-state index contributed by atoms with van der Waals surface area (Å²) < 4.78 is 12.3. The van der Waals surface area contributed by atoms with E-state index in [1.54, 1.807) is 0 Å². The third-order valence-electron chi connectivity index (χ3n) is 4.56. The Balaban J connectivity index is 0.00000169. The van der Waals surface area contributed by atoms with Crippen LogP contribution in [0.15, 0.2) is 54.6 Å². The van der Waals surface area contributed by atoms with E-state index in [0.717, 1.165) is 43.0 Å². The molecule has 3 nitrogen and oxygen atoms in total. The molecule has 0 atom stereocenters. The quantitative estimate of drug-likeness (QED) is 0.905. The van der Waals surface area contributed by atoms with Crippen LogP contribution >= 0.6 is 12.4 Å². The highest BCUT2D eigenvalue weighted by molar-refractivity contribution is 5.85. The maximum atomic E-state index is 6.35. The number of hydrogen-bond donors (Lipinski definition) is 1.